The molecule has 0 bridgehead atoms. The minimum absolute atomic E-state index is 0.226. The molecule has 6 nitrogen and oxygen atoms in total. The van der Waals surface area contributed by atoms with E-state index in [0.717, 1.165) is 9.90 Å². The summed E-state index contributed by atoms with van der Waals surface area (Å²) in [5.74, 6) is 5.20. The quantitative estimate of drug-likeness (QED) is 0.328. The third-order valence-electron chi connectivity index (χ3n) is 2.46. The van der Waals surface area contributed by atoms with Crippen molar-refractivity contribution >= 4 is 34.1 Å². The predicted molar refractivity (Wildman–Crippen MR) is 76.6 cm³/mol. The van der Waals surface area contributed by atoms with Gasteiger partial charge in [-0.15, -0.1) is 10.2 Å². The average Bonchev–Trinajstić information content (AvgIpc) is 2.85. The van der Waals surface area contributed by atoms with Crippen molar-refractivity contribution in [3.63, 3.8) is 0 Å². The molecule has 1 heterocycles. The Morgan fingerprint density at radius 2 is 2.11 bits per heavy atom. The van der Waals surface area contributed by atoms with Crippen molar-refractivity contribution in [1.29, 1.82) is 0 Å². The molecular formula is C11H13N5OS2. The summed E-state index contributed by atoms with van der Waals surface area (Å²) >= 11 is 2.74. The molecule has 0 aliphatic rings. The second-order valence-corrected chi connectivity index (χ2v) is 5.97. The van der Waals surface area contributed by atoms with E-state index in [0.29, 0.717) is 10.9 Å². The summed E-state index contributed by atoms with van der Waals surface area (Å²) in [4.78, 5) is 11.8. The number of nitrogens with two attached hydrogens (primary N) is 2. The monoisotopic (exact) mass is 295 g/mol. The number of carbonyl (C=O) groups excluding carboxylic acids is 1. The number of hydrazine groups is 1. The number of thioether (sulfide) groups is 1. The Labute approximate surface area is 118 Å². The van der Waals surface area contributed by atoms with Crippen molar-refractivity contribution in [2.45, 2.75) is 10.3 Å². The summed E-state index contributed by atoms with van der Waals surface area (Å²) in [6, 6.07) is 9.48. The molecule has 8 heteroatoms. The van der Waals surface area contributed by atoms with Crippen molar-refractivity contribution in [3.8, 4) is 0 Å². The second kappa shape index (κ2) is 6.50. The number of aromatic nitrogens is 2. The Kier molecular flexibility index (Phi) is 4.72. The molecule has 0 radical (unpaired) electrons. The average molecular weight is 295 g/mol. The maximum Gasteiger partial charge on any atom is 0.242 e. The molecule has 0 spiro atoms. The van der Waals surface area contributed by atoms with Crippen molar-refractivity contribution < 1.29 is 4.79 Å². The molecule has 0 aliphatic carbocycles. The number of amides is 1. The van der Waals surface area contributed by atoms with E-state index in [2.05, 4.69) is 15.6 Å². The van der Waals surface area contributed by atoms with Gasteiger partial charge < -0.3 is 5.73 Å². The molecule has 1 aromatic carbocycles. The van der Waals surface area contributed by atoms with E-state index in [1.54, 1.807) is 0 Å². The molecule has 1 aromatic heterocycles. The van der Waals surface area contributed by atoms with Gasteiger partial charge in [-0.05, 0) is 5.56 Å². The van der Waals surface area contributed by atoms with E-state index < -0.39 is 0 Å². The van der Waals surface area contributed by atoms with Crippen molar-refractivity contribution in [2.24, 2.45) is 5.84 Å². The Morgan fingerprint density at radius 1 is 1.37 bits per heavy atom. The normalized spacial score (nSPS) is 12.1. The van der Waals surface area contributed by atoms with Crippen LogP contribution in [-0.2, 0) is 4.79 Å². The van der Waals surface area contributed by atoms with Crippen LogP contribution < -0.4 is 17.0 Å². The highest BCUT2D eigenvalue weighted by Crippen LogP contribution is 2.29. The molecule has 2 aromatic rings. The minimum atomic E-state index is -0.332. The highest BCUT2D eigenvalue weighted by atomic mass is 32.2. The molecule has 1 unspecified atom stereocenters. The molecule has 1 amide bonds. The lowest BCUT2D eigenvalue weighted by atomic mass is 10.0. The molecule has 0 fully saturated rings. The van der Waals surface area contributed by atoms with E-state index >= 15 is 0 Å². The molecule has 0 saturated heterocycles. The Bertz CT molecular complexity index is 545. The summed E-state index contributed by atoms with van der Waals surface area (Å²) in [5, 5.41) is 8.06. The highest BCUT2D eigenvalue weighted by Gasteiger charge is 2.20. The van der Waals surface area contributed by atoms with Gasteiger partial charge in [0.05, 0.1) is 5.92 Å². The van der Waals surface area contributed by atoms with E-state index in [1.165, 1.54) is 23.1 Å². The predicted octanol–water partition coefficient (Wildman–Crippen LogP) is 0.986. The summed E-state index contributed by atoms with van der Waals surface area (Å²) in [5.41, 5.74) is 8.62. The third kappa shape index (κ3) is 3.66. The molecule has 0 saturated carbocycles. The van der Waals surface area contributed by atoms with Gasteiger partial charge in [0.1, 0.15) is 0 Å². The molecule has 2 rings (SSSR count). The van der Waals surface area contributed by atoms with Crippen LogP contribution >= 0.6 is 23.1 Å². The van der Waals surface area contributed by atoms with Gasteiger partial charge in [0.2, 0.25) is 11.0 Å². The number of hydrogen-bond donors (Lipinski definition) is 3. The fourth-order valence-corrected chi connectivity index (χ4v) is 3.33. The van der Waals surface area contributed by atoms with E-state index in [4.69, 9.17) is 11.6 Å². The topological polar surface area (TPSA) is 107 Å². The van der Waals surface area contributed by atoms with Gasteiger partial charge in [0.15, 0.2) is 4.34 Å². The van der Waals surface area contributed by atoms with Crippen LogP contribution in [0.5, 0.6) is 0 Å². The number of benzene rings is 1. The van der Waals surface area contributed by atoms with Gasteiger partial charge in [0, 0.05) is 5.75 Å². The number of anilines is 1. The lowest BCUT2D eigenvalue weighted by molar-refractivity contribution is -0.122. The zero-order chi connectivity index (χ0) is 13.7. The van der Waals surface area contributed by atoms with Gasteiger partial charge in [-0.1, -0.05) is 53.4 Å². The molecular weight excluding hydrogens is 282 g/mol. The standard InChI is InChI=1S/C11H13N5OS2/c12-10-15-16-11(19-10)18-6-8(9(17)14-13)7-4-2-1-3-5-7/h1-5,8H,6,13H2,(H2,12,15)(H,14,17). The van der Waals surface area contributed by atoms with Crippen LogP contribution in [0.3, 0.4) is 0 Å². The maximum absolute atomic E-state index is 11.8. The molecule has 1 atom stereocenters. The number of nitrogens with one attached hydrogen (secondary N) is 1. The summed E-state index contributed by atoms with van der Waals surface area (Å²) in [6.07, 6.45) is 0. The zero-order valence-electron chi connectivity index (χ0n) is 9.95. The molecule has 0 aliphatic heterocycles. The van der Waals surface area contributed by atoms with Crippen LogP contribution in [0.1, 0.15) is 11.5 Å². The first-order valence-corrected chi connectivity index (χ1v) is 7.28. The van der Waals surface area contributed by atoms with Crippen LogP contribution in [0, 0.1) is 0 Å². The lowest BCUT2D eigenvalue weighted by Crippen LogP contribution is -2.35. The molecule has 100 valence electrons. The molecule has 19 heavy (non-hydrogen) atoms. The summed E-state index contributed by atoms with van der Waals surface area (Å²) in [6.45, 7) is 0. The van der Waals surface area contributed by atoms with Crippen LogP contribution in [-0.4, -0.2) is 21.9 Å². The Morgan fingerprint density at radius 3 is 2.68 bits per heavy atom. The van der Waals surface area contributed by atoms with E-state index in [-0.39, 0.29) is 11.8 Å². The fourth-order valence-electron chi connectivity index (χ4n) is 1.54. The number of nitrogens with zero attached hydrogens (tertiary/aromatic N) is 2. The minimum Gasteiger partial charge on any atom is -0.374 e. The van der Waals surface area contributed by atoms with Gasteiger partial charge in [-0.2, -0.15) is 0 Å². The largest absolute Gasteiger partial charge is 0.374 e. The van der Waals surface area contributed by atoms with Gasteiger partial charge in [-0.25, -0.2) is 5.84 Å². The lowest BCUT2D eigenvalue weighted by Gasteiger charge is -2.14. The molecule has 5 N–H and O–H groups in total. The van der Waals surface area contributed by atoms with Crippen LogP contribution in [0.2, 0.25) is 0 Å². The number of carbonyl (C=O) groups is 1. The Balaban J connectivity index is 2.09. The first-order chi connectivity index (χ1) is 9.20. The summed E-state index contributed by atoms with van der Waals surface area (Å²) in [7, 11) is 0. The summed E-state index contributed by atoms with van der Waals surface area (Å²) < 4.78 is 0.739. The van der Waals surface area contributed by atoms with Gasteiger partial charge in [-0.3, -0.25) is 10.2 Å². The third-order valence-corrected chi connectivity index (χ3v) is 4.44. The number of rotatable bonds is 5. The maximum atomic E-state index is 11.8. The highest BCUT2D eigenvalue weighted by molar-refractivity contribution is 8.01. The van der Waals surface area contributed by atoms with E-state index in [9.17, 15) is 4.79 Å². The zero-order valence-corrected chi connectivity index (χ0v) is 11.6. The van der Waals surface area contributed by atoms with Crippen LogP contribution in [0.4, 0.5) is 5.13 Å². The second-order valence-electron chi connectivity index (χ2n) is 3.69. The SMILES string of the molecule is NNC(=O)C(CSc1nnc(N)s1)c1ccccc1. The van der Waals surface area contributed by atoms with Crippen LogP contribution in [0.15, 0.2) is 34.7 Å². The number of hydrogen-bond acceptors (Lipinski definition) is 7. The smallest absolute Gasteiger partial charge is 0.242 e. The first kappa shape index (κ1) is 13.8. The van der Waals surface area contributed by atoms with Gasteiger partial charge in [0.25, 0.3) is 0 Å². The van der Waals surface area contributed by atoms with E-state index in [1.807, 2.05) is 30.3 Å². The van der Waals surface area contributed by atoms with Crippen molar-refractivity contribution in [1.82, 2.24) is 15.6 Å². The van der Waals surface area contributed by atoms with Gasteiger partial charge >= 0.3 is 0 Å². The Hall–Kier alpha value is -1.64. The first-order valence-electron chi connectivity index (χ1n) is 5.48. The van der Waals surface area contributed by atoms with Crippen LogP contribution in [0.25, 0.3) is 0 Å². The van der Waals surface area contributed by atoms with Crippen molar-refractivity contribution in [2.75, 3.05) is 11.5 Å². The fraction of sp³-hybridized carbons (Fsp3) is 0.182. The van der Waals surface area contributed by atoms with Crippen molar-refractivity contribution in [3.05, 3.63) is 35.9 Å². The number of nitrogen functional groups attached to an aromatic ring is 1.